The van der Waals surface area contributed by atoms with Crippen LogP contribution in [0.25, 0.3) is 10.2 Å². The maximum absolute atomic E-state index is 11.1. The molecule has 19 heavy (non-hydrogen) atoms. The number of nitrogens with zero attached hydrogens (tertiary/aromatic N) is 1. The zero-order chi connectivity index (χ0) is 13.8. The number of nitrogens with one attached hydrogen (secondary N) is 1. The predicted octanol–water partition coefficient (Wildman–Crippen LogP) is 2.89. The van der Waals surface area contributed by atoms with Gasteiger partial charge in [0.1, 0.15) is 11.0 Å². The van der Waals surface area contributed by atoms with E-state index in [1.165, 1.54) is 0 Å². The van der Waals surface area contributed by atoms with Crippen LogP contribution in [0.15, 0.2) is 24.3 Å². The second-order valence-corrected chi connectivity index (χ2v) is 6.09. The number of rotatable bonds is 6. The second-order valence-electron chi connectivity index (χ2n) is 4.98. The van der Waals surface area contributed by atoms with Crippen molar-refractivity contribution in [2.75, 3.05) is 0 Å². The normalized spacial score (nSPS) is 13.0. The number of carboxylic acids is 1. The van der Waals surface area contributed by atoms with E-state index < -0.39 is 12.0 Å². The minimum atomic E-state index is -0.796. The van der Waals surface area contributed by atoms with E-state index in [1.54, 1.807) is 11.3 Å². The Hall–Kier alpha value is -1.46. The van der Waals surface area contributed by atoms with Gasteiger partial charge in [-0.05, 0) is 24.5 Å². The molecule has 0 aliphatic heterocycles. The quantitative estimate of drug-likeness (QED) is 0.853. The van der Waals surface area contributed by atoms with E-state index in [2.05, 4.69) is 10.3 Å². The van der Waals surface area contributed by atoms with Gasteiger partial charge in [0.05, 0.1) is 10.2 Å². The van der Waals surface area contributed by atoms with Crippen molar-refractivity contribution in [1.29, 1.82) is 0 Å². The highest BCUT2D eigenvalue weighted by molar-refractivity contribution is 7.18. The van der Waals surface area contributed by atoms with E-state index >= 15 is 0 Å². The first-order chi connectivity index (χ1) is 9.06. The van der Waals surface area contributed by atoms with Crippen LogP contribution >= 0.6 is 11.3 Å². The van der Waals surface area contributed by atoms with Crippen molar-refractivity contribution in [3.63, 3.8) is 0 Å². The number of fused-ring (bicyclic) bond motifs is 1. The van der Waals surface area contributed by atoms with E-state index in [0.29, 0.717) is 18.9 Å². The minimum Gasteiger partial charge on any atom is -0.480 e. The van der Waals surface area contributed by atoms with E-state index in [4.69, 9.17) is 5.11 Å². The molecule has 0 saturated heterocycles. The summed E-state index contributed by atoms with van der Waals surface area (Å²) in [7, 11) is 0. The molecular weight excluding hydrogens is 260 g/mol. The summed E-state index contributed by atoms with van der Waals surface area (Å²) in [6, 6.07) is 7.43. The van der Waals surface area contributed by atoms with Gasteiger partial charge in [-0.2, -0.15) is 0 Å². The van der Waals surface area contributed by atoms with Crippen LogP contribution in [-0.2, 0) is 11.3 Å². The third-order valence-corrected chi connectivity index (χ3v) is 3.88. The highest BCUT2D eigenvalue weighted by Gasteiger charge is 2.18. The molecular formula is C14H18N2O2S. The Bertz CT molecular complexity index is 532. The van der Waals surface area contributed by atoms with E-state index in [-0.39, 0.29) is 0 Å². The largest absolute Gasteiger partial charge is 0.480 e. The maximum Gasteiger partial charge on any atom is 0.320 e. The third kappa shape index (κ3) is 3.75. The monoisotopic (exact) mass is 278 g/mol. The molecule has 0 aliphatic rings. The van der Waals surface area contributed by atoms with Crippen LogP contribution in [0.3, 0.4) is 0 Å². The number of carboxylic acid groups (broad SMARTS) is 1. The van der Waals surface area contributed by atoms with Gasteiger partial charge in [-0.1, -0.05) is 26.0 Å². The van der Waals surface area contributed by atoms with E-state index in [1.807, 2.05) is 38.1 Å². The molecule has 0 bridgehead atoms. The van der Waals surface area contributed by atoms with Crippen molar-refractivity contribution in [2.45, 2.75) is 32.9 Å². The molecule has 102 valence electrons. The Morgan fingerprint density at radius 1 is 1.42 bits per heavy atom. The highest BCUT2D eigenvalue weighted by Crippen LogP contribution is 2.21. The SMILES string of the molecule is CC(C)CC(NCc1nc2ccccc2s1)C(=O)O. The summed E-state index contributed by atoms with van der Waals surface area (Å²) < 4.78 is 1.13. The molecule has 1 aromatic carbocycles. The molecule has 0 aliphatic carbocycles. The number of benzene rings is 1. The first-order valence-corrected chi connectivity index (χ1v) is 7.18. The summed E-state index contributed by atoms with van der Waals surface area (Å²) in [5, 5.41) is 13.2. The van der Waals surface area contributed by atoms with Crippen molar-refractivity contribution in [3.05, 3.63) is 29.3 Å². The first kappa shape index (κ1) is 14.0. The van der Waals surface area contributed by atoms with Crippen LogP contribution in [0.5, 0.6) is 0 Å². The van der Waals surface area contributed by atoms with Gasteiger partial charge in [-0.15, -0.1) is 11.3 Å². The molecule has 0 amide bonds. The van der Waals surface area contributed by atoms with Crippen molar-refractivity contribution in [1.82, 2.24) is 10.3 Å². The summed E-state index contributed by atoms with van der Waals surface area (Å²) in [5.74, 6) is -0.446. The second kappa shape index (κ2) is 6.12. The van der Waals surface area contributed by atoms with Crippen molar-refractivity contribution in [3.8, 4) is 0 Å². The summed E-state index contributed by atoms with van der Waals surface area (Å²) in [6.45, 7) is 4.55. The van der Waals surface area contributed by atoms with Gasteiger partial charge in [-0.3, -0.25) is 10.1 Å². The molecule has 5 heteroatoms. The average molecular weight is 278 g/mol. The minimum absolute atomic E-state index is 0.351. The van der Waals surface area contributed by atoms with Crippen molar-refractivity contribution >= 4 is 27.5 Å². The Labute approximate surface area is 116 Å². The summed E-state index contributed by atoms with van der Waals surface area (Å²) in [4.78, 5) is 15.6. The number of carbonyl (C=O) groups is 1. The molecule has 1 aromatic heterocycles. The number of hydrogen-bond donors (Lipinski definition) is 2. The molecule has 0 fully saturated rings. The topological polar surface area (TPSA) is 62.2 Å². The standard InChI is InChI=1S/C14H18N2O2S/c1-9(2)7-11(14(17)18)15-8-13-16-10-5-3-4-6-12(10)19-13/h3-6,9,11,15H,7-8H2,1-2H3,(H,17,18). The molecule has 0 radical (unpaired) electrons. The number of aliphatic carboxylic acids is 1. The fourth-order valence-corrected chi connectivity index (χ4v) is 2.87. The molecule has 1 heterocycles. The van der Waals surface area contributed by atoms with Crippen LogP contribution in [0.4, 0.5) is 0 Å². The number of aromatic nitrogens is 1. The lowest BCUT2D eigenvalue weighted by Gasteiger charge is -2.15. The summed E-state index contributed by atoms with van der Waals surface area (Å²) in [5.41, 5.74) is 0.972. The number of para-hydroxylation sites is 1. The fraction of sp³-hybridized carbons (Fsp3) is 0.429. The third-order valence-electron chi connectivity index (χ3n) is 2.84. The predicted molar refractivity (Wildman–Crippen MR) is 77.3 cm³/mol. The van der Waals surface area contributed by atoms with Gasteiger partial charge in [-0.25, -0.2) is 4.98 Å². The lowest BCUT2D eigenvalue weighted by molar-refractivity contribution is -0.140. The van der Waals surface area contributed by atoms with Gasteiger partial charge < -0.3 is 5.11 Å². The molecule has 0 saturated carbocycles. The average Bonchev–Trinajstić information content (AvgIpc) is 2.76. The number of hydrogen-bond acceptors (Lipinski definition) is 4. The van der Waals surface area contributed by atoms with Crippen LogP contribution in [-0.4, -0.2) is 22.1 Å². The van der Waals surface area contributed by atoms with Gasteiger partial charge in [0.15, 0.2) is 0 Å². The van der Waals surface area contributed by atoms with E-state index in [9.17, 15) is 4.79 Å². The zero-order valence-corrected chi connectivity index (χ0v) is 11.9. The molecule has 0 spiro atoms. The molecule has 1 atom stereocenters. The first-order valence-electron chi connectivity index (χ1n) is 6.37. The van der Waals surface area contributed by atoms with Crippen LogP contribution in [0.1, 0.15) is 25.3 Å². The van der Waals surface area contributed by atoms with E-state index in [0.717, 1.165) is 15.2 Å². The molecule has 2 N–H and O–H groups in total. The Balaban J connectivity index is 2.02. The smallest absolute Gasteiger partial charge is 0.320 e. The summed E-state index contributed by atoms with van der Waals surface area (Å²) >= 11 is 1.60. The lowest BCUT2D eigenvalue weighted by atomic mass is 10.0. The zero-order valence-electron chi connectivity index (χ0n) is 11.1. The summed E-state index contributed by atoms with van der Waals surface area (Å²) in [6.07, 6.45) is 0.625. The van der Waals surface area contributed by atoms with Gasteiger partial charge in [0.2, 0.25) is 0 Å². The highest BCUT2D eigenvalue weighted by atomic mass is 32.1. The van der Waals surface area contributed by atoms with Crippen LogP contribution in [0.2, 0.25) is 0 Å². The molecule has 4 nitrogen and oxygen atoms in total. The van der Waals surface area contributed by atoms with Crippen molar-refractivity contribution in [2.24, 2.45) is 5.92 Å². The molecule has 1 unspecified atom stereocenters. The van der Waals surface area contributed by atoms with Crippen molar-refractivity contribution < 1.29 is 9.90 Å². The van der Waals surface area contributed by atoms with Crippen LogP contribution < -0.4 is 5.32 Å². The molecule has 2 aromatic rings. The Morgan fingerprint density at radius 3 is 2.79 bits per heavy atom. The Kier molecular flexibility index (Phi) is 4.50. The van der Waals surface area contributed by atoms with Gasteiger partial charge in [0, 0.05) is 6.54 Å². The van der Waals surface area contributed by atoms with Crippen LogP contribution in [0, 0.1) is 5.92 Å². The number of thiazole rings is 1. The molecule has 2 rings (SSSR count). The lowest BCUT2D eigenvalue weighted by Crippen LogP contribution is -2.37. The fourth-order valence-electron chi connectivity index (χ4n) is 1.95. The Morgan fingerprint density at radius 2 is 2.16 bits per heavy atom. The van der Waals surface area contributed by atoms with Gasteiger partial charge in [0.25, 0.3) is 0 Å². The maximum atomic E-state index is 11.1. The van der Waals surface area contributed by atoms with Gasteiger partial charge >= 0.3 is 5.97 Å².